The van der Waals surface area contributed by atoms with Crippen molar-refractivity contribution in [2.24, 2.45) is 0 Å². The lowest BCUT2D eigenvalue weighted by Crippen LogP contribution is -2.26. The van der Waals surface area contributed by atoms with Crippen molar-refractivity contribution in [2.75, 3.05) is 6.54 Å². The molecular weight excluding hydrogens is 296 g/mol. The van der Waals surface area contributed by atoms with E-state index in [4.69, 9.17) is 0 Å². The first-order chi connectivity index (χ1) is 11.5. The predicted octanol–water partition coefficient (Wildman–Crippen LogP) is 4.13. The van der Waals surface area contributed by atoms with E-state index < -0.39 is 0 Å². The van der Waals surface area contributed by atoms with E-state index in [-0.39, 0.29) is 5.91 Å². The van der Waals surface area contributed by atoms with Gasteiger partial charge in [0.25, 0.3) is 5.91 Å². The van der Waals surface area contributed by atoms with Gasteiger partial charge >= 0.3 is 0 Å². The van der Waals surface area contributed by atoms with E-state index in [2.05, 4.69) is 35.4 Å². The molecule has 3 heteroatoms. The van der Waals surface area contributed by atoms with E-state index >= 15 is 0 Å². The van der Waals surface area contributed by atoms with Gasteiger partial charge in [-0.1, -0.05) is 35.9 Å². The Bertz CT molecular complexity index is 899. The van der Waals surface area contributed by atoms with Gasteiger partial charge in [-0.2, -0.15) is 0 Å². The van der Waals surface area contributed by atoms with Crippen LogP contribution < -0.4 is 5.32 Å². The average Bonchev–Trinajstić information content (AvgIpc) is 2.56. The molecule has 1 heterocycles. The van der Waals surface area contributed by atoms with Crippen LogP contribution in [0.3, 0.4) is 0 Å². The Labute approximate surface area is 142 Å². The summed E-state index contributed by atoms with van der Waals surface area (Å²) < 4.78 is 0. The standard InChI is InChI=1S/C21H22N2O/c1-14-8-9-20-18(12-14)13-19(16(3)23-20)21(24)22-11-10-17-7-5-4-6-15(17)2/h4-9,12-13H,10-11H2,1-3H3,(H,22,24). The van der Waals surface area contributed by atoms with Crippen molar-refractivity contribution in [2.45, 2.75) is 27.2 Å². The molecular formula is C21H22N2O. The molecule has 0 aliphatic carbocycles. The third-order valence-electron chi connectivity index (χ3n) is 4.35. The molecule has 2 aromatic carbocycles. The quantitative estimate of drug-likeness (QED) is 0.786. The predicted molar refractivity (Wildman–Crippen MR) is 98.4 cm³/mol. The molecule has 0 unspecified atom stereocenters. The van der Waals surface area contributed by atoms with E-state index in [1.807, 2.05) is 44.2 Å². The molecule has 0 fully saturated rings. The zero-order valence-electron chi connectivity index (χ0n) is 14.4. The van der Waals surface area contributed by atoms with Gasteiger partial charge in [0.15, 0.2) is 0 Å². The Kier molecular flexibility index (Phi) is 4.61. The van der Waals surface area contributed by atoms with E-state index in [0.29, 0.717) is 12.1 Å². The first-order valence-electron chi connectivity index (χ1n) is 8.25. The van der Waals surface area contributed by atoms with Gasteiger partial charge in [-0.05, 0) is 56.5 Å². The number of amides is 1. The third-order valence-corrected chi connectivity index (χ3v) is 4.35. The van der Waals surface area contributed by atoms with Crippen LogP contribution in [0.25, 0.3) is 10.9 Å². The second-order valence-electron chi connectivity index (χ2n) is 6.25. The number of aromatic nitrogens is 1. The fourth-order valence-electron chi connectivity index (χ4n) is 2.92. The van der Waals surface area contributed by atoms with Gasteiger partial charge in [0, 0.05) is 11.9 Å². The number of benzene rings is 2. The largest absolute Gasteiger partial charge is 0.352 e. The highest BCUT2D eigenvalue weighted by molar-refractivity contribution is 5.98. The molecule has 0 saturated carbocycles. The van der Waals surface area contributed by atoms with Crippen LogP contribution in [0.1, 0.15) is 32.7 Å². The summed E-state index contributed by atoms with van der Waals surface area (Å²) in [7, 11) is 0. The molecule has 3 aromatic rings. The molecule has 0 saturated heterocycles. The van der Waals surface area contributed by atoms with Crippen molar-refractivity contribution in [3.05, 3.63) is 76.5 Å². The minimum Gasteiger partial charge on any atom is -0.352 e. The lowest BCUT2D eigenvalue weighted by molar-refractivity contribution is 0.0953. The van der Waals surface area contributed by atoms with Crippen LogP contribution in [0.4, 0.5) is 0 Å². The number of fused-ring (bicyclic) bond motifs is 1. The maximum atomic E-state index is 12.5. The summed E-state index contributed by atoms with van der Waals surface area (Å²) in [5.74, 6) is -0.0583. The highest BCUT2D eigenvalue weighted by atomic mass is 16.1. The maximum Gasteiger partial charge on any atom is 0.253 e. The molecule has 0 radical (unpaired) electrons. The van der Waals surface area contributed by atoms with Crippen molar-refractivity contribution in [1.82, 2.24) is 10.3 Å². The second-order valence-corrected chi connectivity index (χ2v) is 6.25. The highest BCUT2D eigenvalue weighted by Crippen LogP contribution is 2.18. The van der Waals surface area contributed by atoms with Crippen LogP contribution >= 0.6 is 0 Å². The number of carbonyl (C=O) groups excluding carboxylic acids is 1. The Balaban J connectivity index is 1.74. The van der Waals surface area contributed by atoms with Gasteiger partial charge in [0.05, 0.1) is 16.8 Å². The lowest BCUT2D eigenvalue weighted by atomic mass is 10.1. The third kappa shape index (κ3) is 3.46. The number of pyridine rings is 1. The van der Waals surface area contributed by atoms with Crippen LogP contribution in [0.15, 0.2) is 48.5 Å². The van der Waals surface area contributed by atoms with Crippen LogP contribution in [-0.2, 0) is 6.42 Å². The van der Waals surface area contributed by atoms with Gasteiger partial charge in [-0.25, -0.2) is 0 Å². The van der Waals surface area contributed by atoms with Crippen molar-refractivity contribution in [3.63, 3.8) is 0 Å². The molecule has 0 spiro atoms. The lowest BCUT2D eigenvalue weighted by Gasteiger charge is -2.10. The van der Waals surface area contributed by atoms with Crippen LogP contribution in [0.2, 0.25) is 0 Å². The summed E-state index contributed by atoms with van der Waals surface area (Å²) in [6.07, 6.45) is 0.831. The summed E-state index contributed by atoms with van der Waals surface area (Å²) in [6.45, 7) is 6.64. The van der Waals surface area contributed by atoms with Gasteiger partial charge in [0.1, 0.15) is 0 Å². The van der Waals surface area contributed by atoms with Gasteiger partial charge in [-0.15, -0.1) is 0 Å². The number of aryl methyl sites for hydroxylation is 3. The molecule has 0 aliphatic rings. The number of nitrogens with zero attached hydrogens (tertiary/aromatic N) is 1. The molecule has 3 rings (SSSR count). The minimum absolute atomic E-state index is 0.0583. The maximum absolute atomic E-state index is 12.5. The second kappa shape index (κ2) is 6.83. The van der Waals surface area contributed by atoms with Crippen molar-refractivity contribution >= 4 is 16.8 Å². The number of nitrogens with one attached hydrogen (secondary N) is 1. The summed E-state index contributed by atoms with van der Waals surface area (Å²) in [5.41, 5.74) is 6.03. The van der Waals surface area contributed by atoms with Crippen molar-refractivity contribution in [3.8, 4) is 0 Å². The monoisotopic (exact) mass is 318 g/mol. The highest BCUT2D eigenvalue weighted by Gasteiger charge is 2.11. The molecule has 1 aromatic heterocycles. The van der Waals surface area contributed by atoms with E-state index in [1.54, 1.807) is 0 Å². The van der Waals surface area contributed by atoms with Crippen LogP contribution in [0.5, 0.6) is 0 Å². The molecule has 24 heavy (non-hydrogen) atoms. The Morgan fingerprint density at radius 3 is 2.62 bits per heavy atom. The first-order valence-corrected chi connectivity index (χ1v) is 8.25. The SMILES string of the molecule is Cc1ccc2nc(C)c(C(=O)NCCc3ccccc3C)cc2c1. The van der Waals surface area contributed by atoms with Crippen LogP contribution in [0, 0.1) is 20.8 Å². The van der Waals surface area contributed by atoms with E-state index in [0.717, 1.165) is 23.0 Å². The Hall–Kier alpha value is -2.68. The normalized spacial score (nSPS) is 10.8. The zero-order chi connectivity index (χ0) is 17.1. The molecule has 122 valence electrons. The molecule has 0 atom stereocenters. The van der Waals surface area contributed by atoms with E-state index in [9.17, 15) is 4.79 Å². The molecule has 0 bridgehead atoms. The summed E-state index contributed by atoms with van der Waals surface area (Å²) in [6, 6.07) is 16.3. The summed E-state index contributed by atoms with van der Waals surface area (Å²) in [4.78, 5) is 17.1. The van der Waals surface area contributed by atoms with Gasteiger partial charge < -0.3 is 5.32 Å². The number of hydrogen-bond donors (Lipinski definition) is 1. The van der Waals surface area contributed by atoms with Crippen molar-refractivity contribution < 1.29 is 4.79 Å². The van der Waals surface area contributed by atoms with E-state index in [1.165, 1.54) is 16.7 Å². The number of hydrogen-bond acceptors (Lipinski definition) is 2. The van der Waals surface area contributed by atoms with Crippen LogP contribution in [-0.4, -0.2) is 17.4 Å². The fourth-order valence-corrected chi connectivity index (χ4v) is 2.92. The first kappa shape index (κ1) is 16.2. The number of carbonyl (C=O) groups is 1. The molecule has 1 amide bonds. The fraction of sp³-hybridized carbons (Fsp3) is 0.238. The average molecular weight is 318 g/mol. The smallest absolute Gasteiger partial charge is 0.253 e. The minimum atomic E-state index is -0.0583. The van der Waals surface area contributed by atoms with Gasteiger partial charge in [-0.3, -0.25) is 9.78 Å². The van der Waals surface area contributed by atoms with Crippen molar-refractivity contribution in [1.29, 1.82) is 0 Å². The summed E-state index contributed by atoms with van der Waals surface area (Å²) in [5, 5.41) is 4.02. The number of rotatable bonds is 4. The molecule has 3 nitrogen and oxygen atoms in total. The van der Waals surface area contributed by atoms with Gasteiger partial charge in [0.2, 0.25) is 0 Å². The molecule has 0 aliphatic heterocycles. The summed E-state index contributed by atoms with van der Waals surface area (Å²) >= 11 is 0. The topological polar surface area (TPSA) is 42.0 Å². The zero-order valence-corrected chi connectivity index (χ0v) is 14.4. The molecule has 1 N–H and O–H groups in total. The Morgan fingerprint density at radius 1 is 1.04 bits per heavy atom. The Morgan fingerprint density at radius 2 is 1.83 bits per heavy atom.